The molecule has 3 heteroatoms. The predicted molar refractivity (Wildman–Crippen MR) is 147 cm³/mol. The molecular formula is C30H55N3. The fraction of sp³-hybridized carbons (Fsp3) is 0.800. The zero-order valence-corrected chi connectivity index (χ0v) is 22.8. The average molecular weight is 458 g/mol. The molecule has 1 aromatic carbocycles. The molecule has 2 rings (SSSR count). The Hall–Kier alpha value is -1.06. The molecule has 0 aromatic heterocycles. The van der Waals surface area contributed by atoms with Crippen LogP contribution in [0.15, 0.2) is 24.3 Å². The summed E-state index contributed by atoms with van der Waals surface area (Å²) < 4.78 is 0. The molecule has 33 heavy (non-hydrogen) atoms. The van der Waals surface area contributed by atoms with Crippen molar-refractivity contribution in [2.45, 2.75) is 111 Å². The summed E-state index contributed by atoms with van der Waals surface area (Å²) in [6, 6.07) is 10.2. The molecule has 0 bridgehead atoms. The van der Waals surface area contributed by atoms with E-state index in [-0.39, 0.29) is 0 Å². The van der Waals surface area contributed by atoms with Crippen LogP contribution in [0.4, 0.5) is 5.69 Å². The molecule has 0 amide bonds. The third-order valence-corrected chi connectivity index (χ3v) is 7.72. The predicted octanol–water partition coefficient (Wildman–Crippen LogP) is 7.60. The monoisotopic (exact) mass is 457 g/mol. The third-order valence-electron chi connectivity index (χ3n) is 7.72. The molecule has 2 atom stereocenters. The molecule has 0 N–H and O–H groups in total. The highest BCUT2D eigenvalue weighted by atomic mass is 15.3. The van der Waals surface area contributed by atoms with Gasteiger partial charge in [0.1, 0.15) is 0 Å². The van der Waals surface area contributed by atoms with Crippen molar-refractivity contribution in [2.24, 2.45) is 5.92 Å². The number of unbranched alkanes of at least 4 members (excludes halogenated alkanes) is 4. The first-order valence-corrected chi connectivity index (χ1v) is 14.3. The van der Waals surface area contributed by atoms with Crippen molar-refractivity contribution in [1.82, 2.24) is 9.80 Å². The lowest BCUT2D eigenvalue weighted by Gasteiger charge is -2.40. The largest absolute Gasteiger partial charge is 0.369 e. The second-order valence-electron chi connectivity index (χ2n) is 10.7. The lowest BCUT2D eigenvalue weighted by molar-refractivity contribution is 0.168. The van der Waals surface area contributed by atoms with Crippen LogP contribution < -0.4 is 4.90 Å². The van der Waals surface area contributed by atoms with Gasteiger partial charge in [0.25, 0.3) is 0 Å². The number of rotatable bonds is 17. The number of hydrogen-bond acceptors (Lipinski definition) is 3. The Balaban J connectivity index is 1.70. The summed E-state index contributed by atoms with van der Waals surface area (Å²) in [5.41, 5.74) is 2.85. The second kappa shape index (κ2) is 16.5. The first kappa shape index (κ1) is 28.2. The SMILES string of the molecule is CCCCCCCC(CC)N1CCN(c2ccc(CN(C)CCCC(C)CCC)cc2)CC1. The summed E-state index contributed by atoms with van der Waals surface area (Å²) in [7, 11) is 2.27. The Morgan fingerprint density at radius 1 is 0.788 bits per heavy atom. The number of anilines is 1. The van der Waals surface area contributed by atoms with Crippen LogP contribution in [0.25, 0.3) is 0 Å². The van der Waals surface area contributed by atoms with E-state index in [4.69, 9.17) is 0 Å². The average Bonchev–Trinajstić information content (AvgIpc) is 2.82. The van der Waals surface area contributed by atoms with Gasteiger partial charge in [0, 0.05) is 44.5 Å². The highest BCUT2D eigenvalue weighted by molar-refractivity contribution is 5.48. The van der Waals surface area contributed by atoms with Gasteiger partial charge in [0.15, 0.2) is 0 Å². The number of benzene rings is 1. The topological polar surface area (TPSA) is 9.72 Å². The molecule has 0 spiro atoms. The molecule has 0 radical (unpaired) electrons. The van der Waals surface area contributed by atoms with Crippen molar-refractivity contribution in [3.05, 3.63) is 29.8 Å². The maximum Gasteiger partial charge on any atom is 0.0367 e. The van der Waals surface area contributed by atoms with Gasteiger partial charge in [-0.2, -0.15) is 0 Å². The quantitative estimate of drug-likeness (QED) is 0.223. The van der Waals surface area contributed by atoms with Gasteiger partial charge in [-0.1, -0.05) is 84.8 Å². The summed E-state index contributed by atoms with van der Waals surface area (Å²) in [5.74, 6) is 0.876. The van der Waals surface area contributed by atoms with Gasteiger partial charge >= 0.3 is 0 Å². The van der Waals surface area contributed by atoms with E-state index in [0.717, 1.165) is 18.5 Å². The molecule has 0 saturated carbocycles. The molecule has 190 valence electrons. The van der Waals surface area contributed by atoms with Crippen molar-refractivity contribution in [3.8, 4) is 0 Å². The van der Waals surface area contributed by atoms with E-state index >= 15 is 0 Å². The summed E-state index contributed by atoms with van der Waals surface area (Å²) in [6.45, 7) is 16.4. The van der Waals surface area contributed by atoms with E-state index in [1.807, 2.05) is 0 Å². The highest BCUT2D eigenvalue weighted by Crippen LogP contribution is 2.21. The lowest BCUT2D eigenvalue weighted by Crippen LogP contribution is -2.50. The molecule has 1 aromatic rings. The van der Waals surface area contributed by atoms with Crippen molar-refractivity contribution in [1.29, 1.82) is 0 Å². The Labute approximate surface area is 206 Å². The van der Waals surface area contributed by atoms with Crippen LogP contribution in [0.2, 0.25) is 0 Å². The van der Waals surface area contributed by atoms with Crippen molar-refractivity contribution in [2.75, 3.05) is 44.7 Å². The van der Waals surface area contributed by atoms with Crippen molar-refractivity contribution in [3.63, 3.8) is 0 Å². The molecule has 1 aliphatic heterocycles. The maximum atomic E-state index is 2.76. The molecule has 3 nitrogen and oxygen atoms in total. The Kier molecular flexibility index (Phi) is 14.1. The summed E-state index contributed by atoms with van der Waals surface area (Å²) >= 11 is 0. The zero-order valence-electron chi connectivity index (χ0n) is 22.8. The lowest BCUT2D eigenvalue weighted by atomic mass is 10.0. The van der Waals surface area contributed by atoms with Gasteiger partial charge in [0.05, 0.1) is 0 Å². The Morgan fingerprint density at radius 3 is 2.12 bits per heavy atom. The van der Waals surface area contributed by atoms with E-state index < -0.39 is 0 Å². The van der Waals surface area contributed by atoms with Crippen molar-refractivity contribution >= 4 is 5.69 Å². The fourth-order valence-corrected chi connectivity index (χ4v) is 5.52. The van der Waals surface area contributed by atoms with E-state index in [2.05, 4.69) is 73.7 Å². The molecule has 2 unspecified atom stereocenters. The van der Waals surface area contributed by atoms with Crippen LogP contribution in [-0.4, -0.2) is 55.6 Å². The first-order chi connectivity index (χ1) is 16.1. The van der Waals surface area contributed by atoms with Gasteiger partial charge < -0.3 is 9.80 Å². The highest BCUT2D eigenvalue weighted by Gasteiger charge is 2.22. The van der Waals surface area contributed by atoms with Crippen LogP contribution in [0.1, 0.15) is 104 Å². The summed E-state index contributed by atoms with van der Waals surface area (Å²) in [6.07, 6.45) is 15.1. The van der Waals surface area contributed by atoms with Crippen LogP contribution in [0.3, 0.4) is 0 Å². The molecule has 1 fully saturated rings. The zero-order chi connectivity index (χ0) is 23.9. The van der Waals surface area contributed by atoms with Gasteiger partial charge in [0.2, 0.25) is 0 Å². The van der Waals surface area contributed by atoms with E-state index in [0.29, 0.717) is 0 Å². The van der Waals surface area contributed by atoms with Crippen molar-refractivity contribution < 1.29 is 0 Å². The fourth-order valence-electron chi connectivity index (χ4n) is 5.52. The normalized spacial score (nSPS) is 17.0. The van der Waals surface area contributed by atoms with Gasteiger partial charge in [-0.15, -0.1) is 0 Å². The number of piperazine rings is 1. The van der Waals surface area contributed by atoms with E-state index in [1.54, 1.807) is 0 Å². The van der Waals surface area contributed by atoms with Gasteiger partial charge in [-0.05, 0) is 62.9 Å². The van der Waals surface area contributed by atoms with Crippen LogP contribution in [0.5, 0.6) is 0 Å². The third kappa shape index (κ3) is 10.8. The van der Waals surface area contributed by atoms with Crippen LogP contribution >= 0.6 is 0 Å². The smallest absolute Gasteiger partial charge is 0.0367 e. The molecule has 1 heterocycles. The number of nitrogens with zero attached hydrogens (tertiary/aromatic N) is 3. The minimum Gasteiger partial charge on any atom is -0.369 e. The minimum atomic E-state index is 0.789. The molecule has 0 aliphatic carbocycles. The second-order valence-corrected chi connectivity index (χ2v) is 10.7. The molecular weight excluding hydrogens is 402 g/mol. The molecule has 1 aliphatic rings. The summed E-state index contributed by atoms with van der Waals surface area (Å²) in [4.78, 5) is 7.84. The Morgan fingerprint density at radius 2 is 1.48 bits per heavy atom. The van der Waals surface area contributed by atoms with Gasteiger partial charge in [-0.3, -0.25) is 4.90 Å². The number of hydrogen-bond donors (Lipinski definition) is 0. The van der Waals surface area contributed by atoms with E-state index in [9.17, 15) is 0 Å². The van der Waals surface area contributed by atoms with Crippen LogP contribution in [-0.2, 0) is 6.54 Å². The van der Waals surface area contributed by atoms with Crippen LogP contribution in [0, 0.1) is 5.92 Å². The standard InChI is InChI=1S/C30H55N3/c1-6-9-10-11-12-16-29(8-3)32-22-24-33(25-23-32)30-19-17-28(18-20-30)26-31(5)21-13-15-27(4)14-7-2/h17-20,27,29H,6-16,21-26H2,1-5H3. The molecule has 1 saturated heterocycles. The minimum absolute atomic E-state index is 0.789. The van der Waals surface area contributed by atoms with E-state index in [1.165, 1.54) is 115 Å². The maximum absolute atomic E-state index is 2.76. The Bertz CT molecular complexity index is 591. The summed E-state index contributed by atoms with van der Waals surface area (Å²) in [5, 5.41) is 0. The van der Waals surface area contributed by atoms with Gasteiger partial charge in [-0.25, -0.2) is 0 Å². The first-order valence-electron chi connectivity index (χ1n) is 14.3.